The van der Waals surface area contributed by atoms with Gasteiger partial charge in [-0.3, -0.25) is 9.59 Å². The first-order valence-corrected chi connectivity index (χ1v) is 14.1. The van der Waals surface area contributed by atoms with E-state index in [1.807, 2.05) is 44.2 Å². The van der Waals surface area contributed by atoms with E-state index in [4.69, 9.17) is 14.6 Å². The summed E-state index contributed by atoms with van der Waals surface area (Å²) in [5, 5.41) is 23.5. The number of benzene rings is 3. The van der Waals surface area contributed by atoms with E-state index in [1.165, 1.54) is 12.1 Å². The number of ether oxygens (including phenoxy) is 2. The molecule has 3 aromatic rings. The molecule has 4 atom stereocenters. The van der Waals surface area contributed by atoms with E-state index in [0.29, 0.717) is 16.9 Å². The van der Waals surface area contributed by atoms with Crippen LogP contribution in [0, 0.1) is 12.7 Å². The first-order chi connectivity index (χ1) is 20.7. The summed E-state index contributed by atoms with van der Waals surface area (Å²) in [4.78, 5) is 41.1. The van der Waals surface area contributed by atoms with Crippen LogP contribution in [0.15, 0.2) is 72.8 Å². The van der Waals surface area contributed by atoms with Crippen molar-refractivity contribution >= 4 is 23.5 Å². The summed E-state index contributed by atoms with van der Waals surface area (Å²) < 4.78 is 25.9. The molecule has 4 amide bonds. The van der Waals surface area contributed by atoms with Crippen molar-refractivity contribution in [2.24, 2.45) is 0 Å². The molecule has 0 spiro atoms. The Morgan fingerprint density at radius 1 is 1.07 bits per heavy atom. The first kappa shape index (κ1) is 33.2. The molecular formula is C32H38FN3O7. The minimum absolute atomic E-state index is 0.0913. The first-order valence-electron chi connectivity index (χ1n) is 14.1. The number of aliphatic hydroxyl groups is 2. The number of nitrogens with one attached hydrogen (secondary N) is 2. The maximum Gasteiger partial charge on any atom is 0.325 e. The molecule has 1 aliphatic rings. The number of aryl methyl sites for hydroxylation is 1. The Morgan fingerprint density at radius 3 is 2.37 bits per heavy atom. The molecule has 11 heteroatoms. The van der Waals surface area contributed by atoms with Gasteiger partial charge in [-0.2, -0.15) is 0 Å². The van der Waals surface area contributed by atoms with Crippen molar-refractivity contribution in [1.82, 2.24) is 10.2 Å². The van der Waals surface area contributed by atoms with Crippen molar-refractivity contribution in [2.45, 2.75) is 58.6 Å². The van der Waals surface area contributed by atoms with Gasteiger partial charge >= 0.3 is 6.03 Å². The summed E-state index contributed by atoms with van der Waals surface area (Å²) in [6.45, 7) is 6.82. The molecule has 4 N–H and O–H groups in total. The van der Waals surface area contributed by atoms with Crippen LogP contribution in [-0.4, -0.2) is 64.4 Å². The zero-order chi connectivity index (χ0) is 31.5. The molecule has 1 heterocycles. The Morgan fingerprint density at radius 2 is 1.74 bits per heavy atom. The second kappa shape index (κ2) is 15.8. The molecule has 0 bridgehead atoms. The fourth-order valence-corrected chi connectivity index (χ4v) is 4.35. The molecule has 10 nitrogen and oxygen atoms in total. The maximum absolute atomic E-state index is 14.6. The highest BCUT2D eigenvalue weighted by Crippen LogP contribution is 2.28. The number of hydrogen-bond donors (Lipinski definition) is 4. The fraction of sp³-hybridized carbons (Fsp3) is 0.344. The van der Waals surface area contributed by atoms with Gasteiger partial charge in [-0.1, -0.05) is 62.4 Å². The summed E-state index contributed by atoms with van der Waals surface area (Å²) in [5.41, 5.74) is 1.83. The quantitative estimate of drug-likeness (QED) is 0.232. The Kier molecular flexibility index (Phi) is 12.2. The number of nitrogens with zero attached hydrogens (tertiary/aromatic N) is 1. The average Bonchev–Trinajstić information content (AvgIpc) is 3.31. The molecule has 0 radical (unpaired) electrons. The number of amides is 4. The van der Waals surface area contributed by atoms with Crippen LogP contribution in [0.2, 0.25) is 0 Å². The number of rotatable bonds is 12. The fourth-order valence-electron chi connectivity index (χ4n) is 4.35. The second-order valence-electron chi connectivity index (χ2n) is 9.73. The normalized spacial score (nSPS) is 16.4. The smallest absolute Gasteiger partial charge is 0.325 e. The van der Waals surface area contributed by atoms with Gasteiger partial charge in [-0.25, -0.2) is 14.1 Å². The van der Waals surface area contributed by atoms with Crippen LogP contribution in [0.4, 0.5) is 14.9 Å². The second-order valence-corrected chi connectivity index (χ2v) is 9.73. The lowest BCUT2D eigenvalue weighted by molar-refractivity contribution is -0.139. The molecule has 1 saturated heterocycles. The highest BCUT2D eigenvalue weighted by molar-refractivity contribution is 6.09. The van der Waals surface area contributed by atoms with E-state index in [9.17, 15) is 23.9 Å². The van der Waals surface area contributed by atoms with E-state index < -0.39 is 54.6 Å². The highest BCUT2D eigenvalue weighted by atomic mass is 19.1. The molecule has 3 aromatic carbocycles. The van der Waals surface area contributed by atoms with Gasteiger partial charge < -0.3 is 30.3 Å². The molecule has 1 fully saturated rings. The molecule has 1 aliphatic heterocycles. The summed E-state index contributed by atoms with van der Waals surface area (Å²) >= 11 is 0. The van der Waals surface area contributed by atoms with Crippen molar-refractivity contribution in [1.29, 1.82) is 0 Å². The molecule has 3 unspecified atom stereocenters. The molecule has 4 rings (SSSR count). The molecule has 0 aromatic heterocycles. The van der Waals surface area contributed by atoms with Crippen LogP contribution < -0.4 is 15.4 Å². The zero-order valence-electron chi connectivity index (χ0n) is 24.6. The topological polar surface area (TPSA) is 137 Å². The summed E-state index contributed by atoms with van der Waals surface area (Å²) in [7, 11) is 0. The van der Waals surface area contributed by atoms with Gasteiger partial charge in [-0.05, 0) is 54.8 Å². The van der Waals surface area contributed by atoms with Crippen LogP contribution in [-0.2, 0) is 20.9 Å². The predicted octanol–water partition coefficient (Wildman–Crippen LogP) is 4.10. The number of imide groups is 1. The van der Waals surface area contributed by atoms with Crippen LogP contribution in [0.1, 0.15) is 43.5 Å². The van der Waals surface area contributed by atoms with E-state index in [1.54, 1.807) is 44.2 Å². The van der Waals surface area contributed by atoms with Gasteiger partial charge in [-0.15, -0.1) is 0 Å². The molecule has 0 saturated carbocycles. The Labute approximate surface area is 250 Å². The lowest BCUT2D eigenvalue weighted by atomic mass is 10.0. The van der Waals surface area contributed by atoms with E-state index >= 15 is 0 Å². The third-order valence-corrected chi connectivity index (χ3v) is 6.57. The maximum atomic E-state index is 14.6. The van der Waals surface area contributed by atoms with Crippen molar-refractivity contribution in [3.05, 3.63) is 95.3 Å². The minimum Gasteiger partial charge on any atom is -0.491 e. The van der Waals surface area contributed by atoms with Crippen molar-refractivity contribution < 1.29 is 38.5 Å². The Hall–Kier alpha value is -4.32. The number of hydrogen-bond acceptors (Lipinski definition) is 7. The van der Waals surface area contributed by atoms with Crippen LogP contribution in [0.25, 0.3) is 0 Å². The van der Waals surface area contributed by atoms with Crippen molar-refractivity contribution in [3.63, 3.8) is 0 Å². The van der Waals surface area contributed by atoms with E-state index in [-0.39, 0.29) is 18.9 Å². The van der Waals surface area contributed by atoms with Gasteiger partial charge in [0.15, 0.2) is 0 Å². The SMILES string of the molecule is CC.Cc1ccc(NC(=O)C(C(C)OCc2ccccc2)N2C(=O)N[C@H](c3ccc(OCC(O)CO)cc3)C2=O)c(F)c1. The lowest BCUT2D eigenvalue weighted by Gasteiger charge is -2.29. The number of carbonyl (C=O) groups is 3. The highest BCUT2D eigenvalue weighted by Gasteiger charge is 2.47. The lowest BCUT2D eigenvalue weighted by Crippen LogP contribution is -2.54. The van der Waals surface area contributed by atoms with E-state index in [0.717, 1.165) is 10.5 Å². The molecule has 0 aliphatic carbocycles. The van der Waals surface area contributed by atoms with Gasteiger partial charge in [0.25, 0.3) is 11.8 Å². The Bertz CT molecular complexity index is 1370. The van der Waals surface area contributed by atoms with Gasteiger partial charge in [0, 0.05) is 0 Å². The third-order valence-electron chi connectivity index (χ3n) is 6.57. The largest absolute Gasteiger partial charge is 0.491 e. The third kappa shape index (κ3) is 8.60. The number of anilines is 1. The van der Waals surface area contributed by atoms with E-state index in [2.05, 4.69) is 10.6 Å². The van der Waals surface area contributed by atoms with Gasteiger partial charge in [0.2, 0.25) is 0 Å². The number of urea groups is 1. The minimum atomic E-state index is -1.42. The van der Waals surface area contributed by atoms with Crippen LogP contribution >= 0.6 is 0 Å². The van der Waals surface area contributed by atoms with Crippen molar-refractivity contribution in [3.8, 4) is 5.75 Å². The average molecular weight is 596 g/mol. The summed E-state index contributed by atoms with van der Waals surface area (Å²) in [6.07, 6.45) is -1.99. The standard InChI is InChI=1S/C30H32FN3O7.C2H6/c1-18-8-13-25(24(31)14-18)32-28(37)27(19(2)40-16-20-6-4-3-5-7-20)34-29(38)26(33-30(34)39)21-9-11-23(12-10-21)41-17-22(36)15-35;1-2/h3-14,19,22,26-27,35-36H,15-17H2,1-2H3,(H,32,37)(H,33,39);1-2H3/t19?,22?,26-,27?;/m1./s1. The number of carbonyl (C=O) groups excluding carboxylic acids is 3. The monoisotopic (exact) mass is 595 g/mol. The predicted molar refractivity (Wildman–Crippen MR) is 159 cm³/mol. The summed E-state index contributed by atoms with van der Waals surface area (Å²) in [5.74, 6) is -1.74. The van der Waals surface area contributed by atoms with Gasteiger partial charge in [0.05, 0.1) is 25.0 Å². The molecule has 230 valence electrons. The Balaban J connectivity index is 0.00000248. The molecular weight excluding hydrogens is 557 g/mol. The van der Waals surface area contributed by atoms with Gasteiger partial charge in [0.1, 0.15) is 36.4 Å². The number of aliphatic hydroxyl groups excluding tert-OH is 2. The number of halogens is 1. The molecule has 43 heavy (non-hydrogen) atoms. The van der Waals surface area contributed by atoms with Crippen LogP contribution in [0.5, 0.6) is 5.75 Å². The van der Waals surface area contributed by atoms with Crippen LogP contribution in [0.3, 0.4) is 0 Å². The van der Waals surface area contributed by atoms with Crippen molar-refractivity contribution in [2.75, 3.05) is 18.5 Å². The zero-order valence-corrected chi connectivity index (χ0v) is 24.6. The summed E-state index contributed by atoms with van der Waals surface area (Å²) in [6, 6.07) is 16.4.